The van der Waals surface area contributed by atoms with Crippen LogP contribution in [0, 0.1) is 6.92 Å². The number of rotatable bonds is 9. The SMILES string of the molecule is COc1ccc2[nH]c(C)c(CC=NOCC(O)CO)c2c1C(=O)c1ccc(Cl)cc1. The highest BCUT2D eigenvalue weighted by Crippen LogP contribution is 2.34. The number of methoxy groups -OCH3 is 1. The van der Waals surface area contributed by atoms with Gasteiger partial charge in [-0.05, 0) is 48.9 Å². The largest absolute Gasteiger partial charge is 0.496 e. The molecule has 0 saturated carbocycles. The highest BCUT2D eigenvalue weighted by Gasteiger charge is 2.22. The summed E-state index contributed by atoms with van der Waals surface area (Å²) in [4.78, 5) is 21.6. The van der Waals surface area contributed by atoms with Crippen LogP contribution in [-0.4, -0.2) is 53.6 Å². The number of ether oxygens (including phenoxy) is 1. The van der Waals surface area contributed by atoms with Crippen LogP contribution in [0.2, 0.25) is 5.02 Å². The van der Waals surface area contributed by atoms with Gasteiger partial charge in [0.05, 0.1) is 19.3 Å². The molecule has 0 radical (unpaired) electrons. The number of benzene rings is 2. The number of carbonyl (C=O) groups is 1. The summed E-state index contributed by atoms with van der Waals surface area (Å²) < 4.78 is 5.50. The third-order valence-corrected chi connectivity index (χ3v) is 4.97. The minimum absolute atomic E-state index is 0.103. The first-order chi connectivity index (χ1) is 14.5. The van der Waals surface area contributed by atoms with Crippen LogP contribution in [-0.2, 0) is 11.3 Å². The second-order valence-corrected chi connectivity index (χ2v) is 7.19. The summed E-state index contributed by atoms with van der Waals surface area (Å²) in [7, 11) is 1.53. The topological polar surface area (TPSA) is 104 Å². The molecule has 0 amide bonds. The summed E-state index contributed by atoms with van der Waals surface area (Å²) in [6, 6.07) is 10.4. The second kappa shape index (κ2) is 9.75. The Bertz CT molecular complexity index is 1060. The average Bonchev–Trinajstić information content (AvgIpc) is 3.07. The molecule has 0 bridgehead atoms. The number of ketones is 1. The Balaban J connectivity index is 2.00. The van der Waals surface area contributed by atoms with Gasteiger partial charge in [0.2, 0.25) is 0 Å². The van der Waals surface area contributed by atoms with Gasteiger partial charge >= 0.3 is 0 Å². The van der Waals surface area contributed by atoms with Crippen molar-refractivity contribution in [2.24, 2.45) is 5.16 Å². The third-order valence-electron chi connectivity index (χ3n) is 4.72. The van der Waals surface area contributed by atoms with Crippen molar-refractivity contribution in [1.82, 2.24) is 4.98 Å². The first-order valence-electron chi connectivity index (χ1n) is 9.37. The highest BCUT2D eigenvalue weighted by molar-refractivity contribution is 6.30. The van der Waals surface area contributed by atoms with Crippen LogP contribution in [0.25, 0.3) is 10.9 Å². The summed E-state index contributed by atoms with van der Waals surface area (Å²) in [5.41, 5.74) is 3.55. The number of aliphatic hydroxyl groups excluding tert-OH is 2. The number of aliphatic hydroxyl groups is 2. The maximum Gasteiger partial charge on any atom is 0.197 e. The van der Waals surface area contributed by atoms with E-state index >= 15 is 0 Å². The van der Waals surface area contributed by atoms with Gasteiger partial charge in [-0.2, -0.15) is 0 Å². The van der Waals surface area contributed by atoms with Gasteiger partial charge in [0.15, 0.2) is 5.78 Å². The monoisotopic (exact) mass is 430 g/mol. The van der Waals surface area contributed by atoms with Gasteiger partial charge in [0.25, 0.3) is 0 Å². The van der Waals surface area contributed by atoms with Crippen LogP contribution in [0.3, 0.4) is 0 Å². The van der Waals surface area contributed by atoms with Gasteiger partial charge in [-0.25, -0.2) is 0 Å². The summed E-state index contributed by atoms with van der Waals surface area (Å²) in [6.07, 6.45) is 0.968. The lowest BCUT2D eigenvalue weighted by molar-refractivity contribution is 0.00867. The number of hydrogen-bond donors (Lipinski definition) is 3. The van der Waals surface area contributed by atoms with Crippen molar-refractivity contribution < 1.29 is 24.6 Å². The number of carbonyl (C=O) groups excluding carboxylic acids is 1. The van der Waals surface area contributed by atoms with Crippen molar-refractivity contribution in [1.29, 1.82) is 0 Å². The Hall–Kier alpha value is -2.87. The van der Waals surface area contributed by atoms with E-state index < -0.39 is 12.7 Å². The van der Waals surface area contributed by atoms with E-state index in [2.05, 4.69) is 10.1 Å². The maximum atomic E-state index is 13.4. The zero-order valence-corrected chi connectivity index (χ0v) is 17.4. The third kappa shape index (κ3) is 4.64. The zero-order chi connectivity index (χ0) is 21.7. The van der Waals surface area contributed by atoms with Crippen molar-refractivity contribution >= 4 is 34.5 Å². The van der Waals surface area contributed by atoms with Gasteiger partial charge < -0.3 is 24.8 Å². The molecule has 158 valence electrons. The number of aromatic amines is 1. The molecule has 1 aromatic heterocycles. The zero-order valence-electron chi connectivity index (χ0n) is 16.7. The standard InChI is InChI=1S/C22H23ClN2O5/c1-13-17(9-10-24-30-12-16(27)11-26)20-18(25-13)7-8-19(29-2)21(20)22(28)14-3-5-15(23)6-4-14/h3-8,10,16,25-27H,9,11-12H2,1-2H3. The van der Waals surface area contributed by atoms with E-state index in [0.29, 0.717) is 28.3 Å². The molecule has 2 aromatic carbocycles. The van der Waals surface area contributed by atoms with E-state index in [-0.39, 0.29) is 12.4 Å². The van der Waals surface area contributed by atoms with E-state index in [1.54, 1.807) is 36.5 Å². The van der Waals surface area contributed by atoms with Crippen LogP contribution in [0.15, 0.2) is 41.6 Å². The van der Waals surface area contributed by atoms with E-state index in [1.165, 1.54) is 7.11 Å². The molecule has 0 saturated heterocycles. The minimum atomic E-state index is -0.982. The van der Waals surface area contributed by atoms with Crippen molar-refractivity contribution in [2.75, 3.05) is 20.3 Å². The molecule has 8 heteroatoms. The van der Waals surface area contributed by atoms with Crippen LogP contribution in [0.1, 0.15) is 27.2 Å². The van der Waals surface area contributed by atoms with Crippen molar-refractivity contribution in [3.05, 3.63) is 63.8 Å². The van der Waals surface area contributed by atoms with E-state index in [4.69, 9.17) is 26.3 Å². The number of H-pyrrole nitrogens is 1. The predicted molar refractivity (Wildman–Crippen MR) is 116 cm³/mol. The lowest BCUT2D eigenvalue weighted by atomic mass is 9.95. The Morgan fingerprint density at radius 1 is 1.27 bits per heavy atom. The van der Waals surface area contributed by atoms with Crippen LogP contribution in [0.4, 0.5) is 0 Å². The first kappa shape index (κ1) is 21.8. The molecule has 1 atom stereocenters. The van der Waals surface area contributed by atoms with Gasteiger partial charge in [0.1, 0.15) is 18.5 Å². The molecule has 0 aliphatic carbocycles. The average molecular weight is 431 g/mol. The lowest BCUT2D eigenvalue weighted by Gasteiger charge is -2.11. The molecule has 3 aromatic rings. The number of oxime groups is 1. The number of nitrogens with one attached hydrogen (secondary N) is 1. The highest BCUT2D eigenvalue weighted by atomic mass is 35.5. The number of aromatic nitrogens is 1. The fraction of sp³-hybridized carbons (Fsp3) is 0.273. The Morgan fingerprint density at radius 2 is 2.00 bits per heavy atom. The van der Waals surface area contributed by atoms with Gasteiger partial charge in [0, 0.05) is 39.8 Å². The summed E-state index contributed by atoms with van der Waals surface area (Å²) >= 11 is 5.96. The second-order valence-electron chi connectivity index (χ2n) is 6.75. The van der Waals surface area contributed by atoms with Gasteiger partial charge in [-0.3, -0.25) is 4.79 Å². The summed E-state index contributed by atoms with van der Waals surface area (Å²) in [5.74, 6) is 0.301. The van der Waals surface area contributed by atoms with Crippen molar-refractivity contribution in [3.8, 4) is 5.75 Å². The summed E-state index contributed by atoms with van der Waals surface area (Å²) in [6.45, 7) is 1.42. The molecule has 3 rings (SSSR count). The number of aryl methyl sites for hydroxylation is 1. The smallest absolute Gasteiger partial charge is 0.197 e. The van der Waals surface area contributed by atoms with Crippen LogP contribution < -0.4 is 4.74 Å². The molecule has 0 spiro atoms. The molecular weight excluding hydrogens is 408 g/mol. The quantitative estimate of drug-likeness (QED) is 0.274. The van der Waals surface area contributed by atoms with Crippen LogP contribution in [0.5, 0.6) is 5.75 Å². The Kier molecular flexibility index (Phi) is 7.10. The molecule has 30 heavy (non-hydrogen) atoms. The van der Waals surface area contributed by atoms with Gasteiger partial charge in [-0.15, -0.1) is 0 Å². The van der Waals surface area contributed by atoms with Crippen LogP contribution >= 0.6 is 11.6 Å². The van der Waals surface area contributed by atoms with E-state index in [0.717, 1.165) is 22.2 Å². The molecular formula is C22H23ClN2O5. The molecule has 1 unspecified atom stereocenters. The maximum absolute atomic E-state index is 13.4. The molecule has 1 heterocycles. The fourth-order valence-electron chi connectivity index (χ4n) is 3.23. The molecule has 0 aliphatic heterocycles. The van der Waals surface area contributed by atoms with Crippen molar-refractivity contribution in [3.63, 3.8) is 0 Å². The van der Waals surface area contributed by atoms with Gasteiger partial charge in [-0.1, -0.05) is 16.8 Å². The number of hydrogen-bond acceptors (Lipinski definition) is 6. The Morgan fingerprint density at radius 3 is 2.67 bits per heavy atom. The predicted octanol–water partition coefficient (Wildman–Crippen LogP) is 3.27. The molecule has 0 aliphatic rings. The Labute approximate surface area is 178 Å². The fourth-order valence-corrected chi connectivity index (χ4v) is 3.35. The molecule has 0 fully saturated rings. The molecule has 3 N–H and O–H groups in total. The number of halogens is 1. The van der Waals surface area contributed by atoms with E-state index in [1.807, 2.05) is 13.0 Å². The number of nitrogens with zero attached hydrogens (tertiary/aromatic N) is 1. The van der Waals surface area contributed by atoms with E-state index in [9.17, 15) is 9.90 Å². The molecule has 7 nitrogen and oxygen atoms in total. The lowest BCUT2D eigenvalue weighted by Crippen LogP contribution is -2.17. The minimum Gasteiger partial charge on any atom is -0.496 e. The van der Waals surface area contributed by atoms with Crippen molar-refractivity contribution in [2.45, 2.75) is 19.4 Å². The first-order valence-corrected chi connectivity index (χ1v) is 9.75. The number of fused-ring (bicyclic) bond motifs is 1. The summed E-state index contributed by atoms with van der Waals surface area (Å²) in [5, 5.41) is 23.2. The normalized spacial score (nSPS) is 12.4.